The first kappa shape index (κ1) is 16.0. The van der Waals surface area contributed by atoms with Crippen LogP contribution >= 0.6 is 0 Å². The maximum atomic E-state index is 12.7. The van der Waals surface area contributed by atoms with Gasteiger partial charge in [-0.1, -0.05) is 61.0 Å². The molecular weight excluding hydrogens is 276 g/mol. The normalized spacial score (nSPS) is 11.8. The summed E-state index contributed by atoms with van der Waals surface area (Å²) in [6, 6.07) is 14.9. The van der Waals surface area contributed by atoms with E-state index in [2.05, 4.69) is 6.92 Å². The molecule has 0 fully saturated rings. The fourth-order valence-electron chi connectivity index (χ4n) is 2.24. The molecule has 3 nitrogen and oxygen atoms in total. The molecular formula is C19H20O3. The molecule has 0 spiro atoms. The van der Waals surface area contributed by atoms with Gasteiger partial charge in [-0.3, -0.25) is 9.59 Å². The molecule has 0 heterocycles. The van der Waals surface area contributed by atoms with Crippen molar-refractivity contribution in [3.05, 3.63) is 70.8 Å². The Balaban J connectivity index is 2.33. The van der Waals surface area contributed by atoms with Crippen molar-refractivity contribution in [3.63, 3.8) is 0 Å². The number of ketones is 1. The lowest BCUT2D eigenvalue weighted by Gasteiger charge is -2.17. The molecule has 0 saturated carbocycles. The average molecular weight is 296 g/mol. The van der Waals surface area contributed by atoms with Crippen LogP contribution in [0.4, 0.5) is 0 Å². The van der Waals surface area contributed by atoms with E-state index in [0.29, 0.717) is 11.1 Å². The quantitative estimate of drug-likeness (QED) is 0.617. The van der Waals surface area contributed by atoms with Crippen LogP contribution in [-0.4, -0.2) is 11.8 Å². The smallest absolute Gasteiger partial charge is 0.303 e. The molecule has 0 aromatic heterocycles. The molecule has 22 heavy (non-hydrogen) atoms. The fraction of sp³-hybridized carbons (Fsp3) is 0.263. The molecule has 0 radical (unpaired) electrons. The van der Waals surface area contributed by atoms with Crippen LogP contribution in [-0.2, 0) is 16.0 Å². The molecule has 0 saturated heterocycles. The van der Waals surface area contributed by atoms with E-state index in [1.165, 1.54) is 12.5 Å². The first-order chi connectivity index (χ1) is 10.5. The van der Waals surface area contributed by atoms with Gasteiger partial charge in [0.15, 0.2) is 6.10 Å². The number of esters is 1. The first-order valence-electron chi connectivity index (χ1n) is 7.38. The van der Waals surface area contributed by atoms with E-state index in [9.17, 15) is 9.59 Å². The van der Waals surface area contributed by atoms with Gasteiger partial charge in [-0.15, -0.1) is 0 Å². The number of benzene rings is 2. The van der Waals surface area contributed by atoms with Gasteiger partial charge in [-0.2, -0.15) is 0 Å². The monoisotopic (exact) mass is 296 g/mol. The molecule has 0 amide bonds. The highest BCUT2D eigenvalue weighted by Gasteiger charge is 2.25. The minimum Gasteiger partial charge on any atom is -0.449 e. The van der Waals surface area contributed by atoms with Gasteiger partial charge < -0.3 is 4.74 Å². The molecule has 2 aromatic carbocycles. The van der Waals surface area contributed by atoms with Crippen LogP contribution in [0.2, 0.25) is 0 Å². The number of ether oxygens (including phenoxy) is 1. The SMILES string of the molecule is CCc1ccc(C(OC(C)=O)C(=O)c2ccc(C)cc2)cc1. The van der Waals surface area contributed by atoms with E-state index < -0.39 is 12.1 Å². The predicted octanol–water partition coefficient (Wildman–Crippen LogP) is 4.04. The Kier molecular flexibility index (Phi) is 5.10. The largest absolute Gasteiger partial charge is 0.449 e. The molecule has 0 aliphatic heterocycles. The van der Waals surface area contributed by atoms with Crippen LogP contribution < -0.4 is 0 Å². The van der Waals surface area contributed by atoms with E-state index in [4.69, 9.17) is 4.74 Å². The zero-order valence-corrected chi connectivity index (χ0v) is 13.1. The molecule has 3 heteroatoms. The van der Waals surface area contributed by atoms with E-state index >= 15 is 0 Å². The summed E-state index contributed by atoms with van der Waals surface area (Å²) in [6.45, 7) is 5.34. The highest BCUT2D eigenvalue weighted by molar-refractivity contribution is 6.00. The summed E-state index contributed by atoms with van der Waals surface area (Å²) < 4.78 is 5.27. The van der Waals surface area contributed by atoms with Crippen molar-refractivity contribution in [3.8, 4) is 0 Å². The van der Waals surface area contributed by atoms with Crippen LogP contribution in [0, 0.1) is 6.92 Å². The third-order valence-corrected chi connectivity index (χ3v) is 3.55. The highest BCUT2D eigenvalue weighted by Crippen LogP contribution is 2.23. The number of Topliss-reactive ketones (excluding diaryl/α,β-unsaturated/α-hetero) is 1. The van der Waals surface area contributed by atoms with E-state index in [1.54, 1.807) is 12.1 Å². The van der Waals surface area contributed by atoms with Gasteiger partial charge in [0.05, 0.1) is 0 Å². The Bertz CT molecular complexity index is 654. The highest BCUT2D eigenvalue weighted by atomic mass is 16.5. The maximum absolute atomic E-state index is 12.7. The van der Waals surface area contributed by atoms with Gasteiger partial charge in [0.25, 0.3) is 0 Å². The standard InChI is InChI=1S/C19H20O3/c1-4-15-7-11-17(12-8-15)19(22-14(3)20)18(21)16-9-5-13(2)6-10-16/h5-12,19H,4H2,1-3H3. The maximum Gasteiger partial charge on any atom is 0.303 e. The van der Waals surface area contributed by atoms with E-state index in [0.717, 1.165) is 12.0 Å². The summed E-state index contributed by atoms with van der Waals surface area (Å²) in [5.41, 5.74) is 3.48. The van der Waals surface area contributed by atoms with Gasteiger partial charge in [-0.25, -0.2) is 0 Å². The van der Waals surface area contributed by atoms with Crippen molar-refractivity contribution in [2.45, 2.75) is 33.3 Å². The first-order valence-corrected chi connectivity index (χ1v) is 7.38. The molecule has 2 rings (SSSR count). The van der Waals surface area contributed by atoms with Crippen LogP contribution in [0.1, 0.15) is 47.0 Å². The Morgan fingerprint density at radius 2 is 1.59 bits per heavy atom. The molecule has 2 aromatic rings. The third kappa shape index (κ3) is 3.82. The Morgan fingerprint density at radius 3 is 2.09 bits per heavy atom. The predicted molar refractivity (Wildman–Crippen MR) is 85.8 cm³/mol. The summed E-state index contributed by atoms with van der Waals surface area (Å²) in [7, 11) is 0. The summed E-state index contributed by atoms with van der Waals surface area (Å²) in [4.78, 5) is 24.0. The van der Waals surface area contributed by atoms with Crippen molar-refractivity contribution >= 4 is 11.8 Å². The Hall–Kier alpha value is -2.42. The van der Waals surface area contributed by atoms with Crippen molar-refractivity contribution < 1.29 is 14.3 Å². The second-order valence-electron chi connectivity index (χ2n) is 5.31. The Labute approximate surface area is 130 Å². The fourth-order valence-corrected chi connectivity index (χ4v) is 2.24. The van der Waals surface area contributed by atoms with Gasteiger partial charge in [0.2, 0.25) is 5.78 Å². The topological polar surface area (TPSA) is 43.4 Å². The molecule has 0 aliphatic rings. The zero-order valence-electron chi connectivity index (χ0n) is 13.1. The lowest BCUT2D eigenvalue weighted by atomic mass is 9.98. The van der Waals surface area contributed by atoms with Crippen LogP contribution in [0.15, 0.2) is 48.5 Å². The van der Waals surface area contributed by atoms with E-state index in [1.807, 2.05) is 43.3 Å². The molecule has 0 bridgehead atoms. The van der Waals surface area contributed by atoms with Crippen LogP contribution in [0.3, 0.4) is 0 Å². The molecule has 114 valence electrons. The summed E-state index contributed by atoms with van der Waals surface area (Å²) >= 11 is 0. The number of aryl methyl sites for hydroxylation is 2. The number of hydrogen-bond donors (Lipinski definition) is 0. The van der Waals surface area contributed by atoms with Crippen molar-refractivity contribution in [1.82, 2.24) is 0 Å². The lowest BCUT2D eigenvalue weighted by Crippen LogP contribution is -2.19. The summed E-state index contributed by atoms with van der Waals surface area (Å²) in [5.74, 6) is -0.676. The zero-order chi connectivity index (χ0) is 16.1. The van der Waals surface area contributed by atoms with Gasteiger partial charge in [0.1, 0.15) is 0 Å². The second kappa shape index (κ2) is 7.03. The van der Waals surface area contributed by atoms with Crippen LogP contribution in [0.5, 0.6) is 0 Å². The minimum absolute atomic E-state index is 0.209. The number of hydrogen-bond acceptors (Lipinski definition) is 3. The Morgan fingerprint density at radius 1 is 1.00 bits per heavy atom. The average Bonchev–Trinajstić information content (AvgIpc) is 2.53. The van der Waals surface area contributed by atoms with Gasteiger partial charge in [0, 0.05) is 18.1 Å². The van der Waals surface area contributed by atoms with Crippen molar-refractivity contribution in [1.29, 1.82) is 0 Å². The third-order valence-electron chi connectivity index (χ3n) is 3.55. The number of rotatable bonds is 5. The van der Waals surface area contributed by atoms with Gasteiger partial charge in [-0.05, 0) is 18.9 Å². The lowest BCUT2D eigenvalue weighted by molar-refractivity contribution is -0.144. The second-order valence-corrected chi connectivity index (χ2v) is 5.31. The minimum atomic E-state index is -0.897. The van der Waals surface area contributed by atoms with Crippen molar-refractivity contribution in [2.24, 2.45) is 0 Å². The van der Waals surface area contributed by atoms with Gasteiger partial charge >= 0.3 is 5.97 Å². The molecule has 0 aliphatic carbocycles. The molecule has 0 N–H and O–H groups in total. The molecule has 1 atom stereocenters. The summed E-state index contributed by atoms with van der Waals surface area (Å²) in [5, 5.41) is 0. The van der Waals surface area contributed by atoms with Crippen molar-refractivity contribution in [2.75, 3.05) is 0 Å². The van der Waals surface area contributed by atoms with Crippen LogP contribution in [0.25, 0.3) is 0 Å². The summed E-state index contributed by atoms with van der Waals surface area (Å²) in [6.07, 6.45) is 0.0239. The number of carbonyl (C=O) groups excluding carboxylic acids is 2. The van der Waals surface area contributed by atoms with E-state index in [-0.39, 0.29) is 5.78 Å². The molecule has 1 unspecified atom stereocenters. The number of carbonyl (C=O) groups is 2.